The molecule has 0 radical (unpaired) electrons. The number of ether oxygens (including phenoxy) is 4. The van der Waals surface area contributed by atoms with Gasteiger partial charge in [0.15, 0.2) is 12.1 Å². The maximum Gasteiger partial charge on any atom is 0.280 e. The monoisotopic (exact) mass is 406 g/mol. The highest BCUT2D eigenvalue weighted by Gasteiger charge is 2.21. The molecule has 28 heavy (non-hydrogen) atoms. The molecule has 0 aromatic carbocycles. The van der Waals surface area contributed by atoms with Crippen molar-refractivity contribution < 1.29 is 40.0 Å². The van der Waals surface area contributed by atoms with Gasteiger partial charge in [0.1, 0.15) is 0 Å². The van der Waals surface area contributed by atoms with Crippen LogP contribution < -0.4 is 11.5 Å². The van der Waals surface area contributed by atoms with E-state index in [1.54, 1.807) is 23.6 Å². The first kappa shape index (κ1) is 24.7. The van der Waals surface area contributed by atoms with E-state index in [0.29, 0.717) is 79.0 Å². The first-order valence-corrected chi connectivity index (χ1v) is 9.98. The summed E-state index contributed by atoms with van der Waals surface area (Å²) >= 11 is 0. The molecule has 0 unspecified atom stereocenters. The fourth-order valence-corrected chi connectivity index (χ4v) is 2.63. The molecule has 1 aliphatic rings. The minimum absolute atomic E-state index is 0.0153. The third kappa shape index (κ3) is 10.3. The Kier molecular flexibility index (Phi) is 13.0. The number of rotatable bonds is 2. The lowest BCUT2D eigenvalue weighted by atomic mass is 10.3. The van der Waals surface area contributed by atoms with Gasteiger partial charge in [-0.3, -0.25) is 9.59 Å². The number of hydrogen-bond acceptors (Lipinski definition) is 6. The number of nitrogens with zero attached hydrogens (tertiary/aromatic N) is 2. The molecule has 1 saturated heterocycles. The average molecular weight is 407 g/mol. The zero-order chi connectivity index (χ0) is 20.8. The lowest BCUT2D eigenvalue weighted by Crippen LogP contribution is -2.66. The van der Waals surface area contributed by atoms with Crippen LogP contribution in [0.4, 0.5) is 0 Å². The summed E-state index contributed by atoms with van der Waals surface area (Å²) in [5.74, 6) is -0.0305. The lowest BCUT2D eigenvalue weighted by molar-refractivity contribution is -0.400. The quantitative estimate of drug-likeness (QED) is 0.502. The van der Waals surface area contributed by atoms with Crippen LogP contribution in [0.5, 0.6) is 0 Å². The molecule has 0 aromatic heterocycles. The predicted molar refractivity (Wildman–Crippen MR) is 101 cm³/mol. The van der Waals surface area contributed by atoms with Crippen LogP contribution in [0, 0.1) is 0 Å². The van der Waals surface area contributed by atoms with Gasteiger partial charge in [-0.25, -0.2) is 0 Å². The van der Waals surface area contributed by atoms with Crippen LogP contribution in [0.3, 0.4) is 0 Å². The second kappa shape index (κ2) is 14.7. The van der Waals surface area contributed by atoms with Crippen LogP contribution in [-0.4, -0.2) is 113 Å². The molecule has 164 valence electrons. The Morgan fingerprint density at radius 2 is 0.857 bits per heavy atom. The molecule has 10 nitrogen and oxygen atoms in total. The number of quaternary nitrogens is 2. The smallest absolute Gasteiger partial charge is 0.280 e. The van der Waals surface area contributed by atoms with Gasteiger partial charge >= 0.3 is 0 Å². The van der Waals surface area contributed by atoms with E-state index in [4.69, 9.17) is 18.9 Å². The van der Waals surface area contributed by atoms with Crippen LogP contribution in [0.15, 0.2) is 0 Å². The number of amides is 2. The molecule has 0 aliphatic carbocycles. The Labute approximate surface area is 167 Å². The van der Waals surface area contributed by atoms with Crippen LogP contribution >= 0.6 is 0 Å². The van der Waals surface area contributed by atoms with E-state index in [0.717, 1.165) is 0 Å². The molecule has 1 aliphatic heterocycles. The first-order valence-electron chi connectivity index (χ1n) is 9.98. The van der Waals surface area contributed by atoms with Gasteiger partial charge < -0.3 is 40.2 Å². The van der Waals surface area contributed by atoms with E-state index in [-0.39, 0.29) is 23.9 Å². The Morgan fingerprint density at radius 3 is 1.07 bits per heavy atom. The molecule has 10 heteroatoms. The van der Waals surface area contributed by atoms with Gasteiger partial charge in [0.25, 0.3) is 11.8 Å². The summed E-state index contributed by atoms with van der Waals surface area (Å²) in [7, 11) is 0. The fourth-order valence-electron chi connectivity index (χ4n) is 2.63. The van der Waals surface area contributed by atoms with E-state index in [1.165, 1.54) is 0 Å². The molecular formula is C18H38N4O6+2. The van der Waals surface area contributed by atoms with Crippen molar-refractivity contribution in [2.75, 3.05) is 79.0 Å². The summed E-state index contributed by atoms with van der Waals surface area (Å²) in [5, 5.41) is 0. The van der Waals surface area contributed by atoms with Crippen molar-refractivity contribution in [3.8, 4) is 0 Å². The maximum atomic E-state index is 12.2. The number of hydrogen-bond donors (Lipinski definition) is 2. The molecule has 6 N–H and O–H groups in total. The van der Waals surface area contributed by atoms with Gasteiger partial charge in [-0.15, -0.1) is 0 Å². The van der Waals surface area contributed by atoms with E-state index in [9.17, 15) is 9.59 Å². The summed E-state index contributed by atoms with van der Waals surface area (Å²) in [4.78, 5) is 27.9. The normalized spacial score (nSPS) is 22.0. The third-order valence-electron chi connectivity index (χ3n) is 4.23. The molecule has 1 rings (SSSR count). The highest BCUT2D eigenvalue weighted by atomic mass is 16.5. The van der Waals surface area contributed by atoms with E-state index < -0.39 is 0 Å². The first-order chi connectivity index (χ1) is 13.4. The molecule has 0 spiro atoms. The van der Waals surface area contributed by atoms with Crippen molar-refractivity contribution in [3.05, 3.63) is 0 Å². The van der Waals surface area contributed by atoms with Crippen LogP contribution in [0.25, 0.3) is 0 Å². The number of carbonyl (C=O) groups is 2. The summed E-state index contributed by atoms with van der Waals surface area (Å²) in [6.45, 7) is 8.94. The van der Waals surface area contributed by atoms with Gasteiger partial charge in [-0.2, -0.15) is 0 Å². The van der Waals surface area contributed by atoms with Gasteiger partial charge in [0.2, 0.25) is 0 Å². The lowest BCUT2D eigenvalue weighted by Gasteiger charge is -2.24. The summed E-state index contributed by atoms with van der Waals surface area (Å²) in [6, 6.07) is -0.618. The molecule has 0 saturated carbocycles. The fraction of sp³-hybridized carbons (Fsp3) is 0.889. The largest absolute Gasteiger partial charge is 0.377 e. The highest BCUT2D eigenvalue weighted by molar-refractivity contribution is 5.80. The van der Waals surface area contributed by atoms with Gasteiger partial charge in [-0.05, 0) is 13.8 Å². The molecule has 2 amide bonds. The van der Waals surface area contributed by atoms with Gasteiger partial charge in [0.05, 0.1) is 52.9 Å². The zero-order valence-electron chi connectivity index (χ0n) is 17.4. The molecule has 2 atom stereocenters. The van der Waals surface area contributed by atoms with Crippen molar-refractivity contribution in [1.82, 2.24) is 9.80 Å². The standard InChI is InChI=1S/C18H36N4O6/c1-15(19)17(23)21-3-7-25-11-13-27-9-5-22(18(24)16(2)20)6-10-28-14-12-26-8-4-21/h15-16H,3-14,19-20H2,1-2H3/p+2/t15-,16-/m1/s1. The SMILES string of the molecule is C[C@@H]([NH3+])C(=O)N1CCOCCOCCN(C(=O)[C@@H](C)[NH3+])CCOCCOCC1. The molecule has 0 aromatic rings. The van der Waals surface area contributed by atoms with Crippen LogP contribution in [0.1, 0.15) is 13.8 Å². The molecule has 1 heterocycles. The van der Waals surface area contributed by atoms with E-state index >= 15 is 0 Å². The van der Waals surface area contributed by atoms with Gasteiger partial charge in [-0.1, -0.05) is 0 Å². The topological polar surface area (TPSA) is 133 Å². The van der Waals surface area contributed by atoms with Crippen molar-refractivity contribution in [2.24, 2.45) is 0 Å². The minimum atomic E-state index is -0.309. The maximum absolute atomic E-state index is 12.2. The third-order valence-corrected chi connectivity index (χ3v) is 4.23. The molecular weight excluding hydrogens is 368 g/mol. The van der Waals surface area contributed by atoms with E-state index in [1.807, 2.05) is 0 Å². The predicted octanol–water partition coefficient (Wildman–Crippen LogP) is -3.02. The van der Waals surface area contributed by atoms with Crippen molar-refractivity contribution in [2.45, 2.75) is 25.9 Å². The second-order valence-electron chi connectivity index (χ2n) is 6.90. The summed E-state index contributed by atoms with van der Waals surface area (Å²) in [5.41, 5.74) is 7.59. The molecule has 1 fully saturated rings. The van der Waals surface area contributed by atoms with Gasteiger partial charge in [0, 0.05) is 26.2 Å². The molecule has 0 bridgehead atoms. The highest BCUT2D eigenvalue weighted by Crippen LogP contribution is 1.97. The Balaban J connectivity index is 2.50. The zero-order valence-corrected chi connectivity index (χ0v) is 17.4. The Bertz CT molecular complexity index is 390. The summed E-state index contributed by atoms with van der Waals surface area (Å²) in [6.07, 6.45) is 0. The Hall–Kier alpha value is -1.30. The van der Waals surface area contributed by atoms with Crippen LogP contribution in [0.2, 0.25) is 0 Å². The van der Waals surface area contributed by atoms with Crippen molar-refractivity contribution in [1.29, 1.82) is 0 Å². The van der Waals surface area contributed by atoms with Crippen molar-refractivity contribution >= 4 is 11.8 Å². The number of carbonyl (C=O) groups excluding carboxylic acids is 2. The second-order valence-corrected chi connectivity index (χ2v) is 6.90. The Morgan fingerprint density at radius 1 is 0.607 bits per heavy atom. The summed E-state index contributed by atoms with van der Waals surface area (Å²) < 4.78 is 22.2. The van der Waals surface area contributed by atoms with Crippen LogP contribution in [-0.2, 0) is 28.5 Å². The minimum Gasteiger partial charge on any atom is -0.377 e. The average Bonchev–Trinajstić information content (AvgIpc) is 2.66. The van der Waals surface area contributed by atoms with E-state index in [2.05, 4.69) is 11.5 Å². The van der Waals surface area contributed by atoms with Crippen molar-refractivity contribution in [3.63, 3.8) is 0 Å².